The molecule has 18 heavy (non-hydrogen) atoms. The topological polar surface area (TPSA) is 45.9 Å². The van der Waals surface area contributed by atoms with Crippen LogP contribution in [0.3, 0.4) is 0 Å². The Labute approximate surface area is 111 Å². The van der Waals surface area contributed by atoms with Crippen LogP contribution in [0.25, 0.3) is 11.3 Å². The van der Waals surface area contributed by atoms with Gasteiger partial charge in [-0.3, -0.25) is 0 Å². The molecule has 0 saturated heterocycles. The lowest BCUT2D eigenvalue weighted by molar-refractivity contribution is 0.415. The summed E-state index contributed by atoms with van der Waals surface area (Å²) in [6.45, 7) is 3.75. The molecule has 4 heteroatoms. The molecule has 0 radical (unpaired) electrons. The van der Waals surface area contributed by atoms with Crippen molar-refractivity contribution in [3.8, 4) is 23.1 Å². The van der Waals surface area contributed by atoms with E-state index < -0.39 is 5.41 Å². The first-order valence-electron chi connectivity index (χ1n) is 5.58. The minimum absolute atomic E-state index is 0.540. The van der Waals surface area contributed by atoms with Gasteiger partial charge in [-0.1, -0.05) is 12.1 Å². The summed E-state index contributed by atoms with van der Waals surface area (Å²) in [7, 11) is 1.64. The van der Waals surface area contributed by atoms with E-state index in [0.29, 0.717) is 0 Å². The van der Waals surface area contributed by atoms with Crippen molar-refractivity contribution in [1.82, 2.24) is 4.98 Å². The van der Waals surface area contributed by atoms with Gasteiger partial charge in [-0.2, -0.15) is 5.26 Å². The third-order valence-corrected chi connectivity index (χ3v) is 3.85. The molecule has 0 saturated carbocycles. The fourth-order valence-corrected chi connectivity index (χ4v) is 2.43. The monoisotopic (exact) mass is 258 g/mol. The number of nitriles is 1. The van der Waals surface area contributed by atoms with Crippen molar-refractivity contribution in [1.29, 1.82) is 5.26 Å². The van der Waals surface area contributed by atoms with Gasteiger partial charge >= 0.3 is 0 Å². The second-order valence-electron chi connectivity index (χ2n) is 4.51. The van der Waals surface area contributed by atoms with E-state index in [0.717, 1.165) is 22.0 Å². The fourth-order valence-electron chi connectivity index (χ4n) is 1.52. The van der Waals surface area contributed by atoms with Gasteiger partial charge in [-0.15, -0.1) is 11.3 Å². The first-order valence-corrected chi connectivity index (χ1v) is 6.46. The van der Waals surface area contributed by atoms with Gasteiger partial charge in [-0.05, 0) is 26.0 Å². The maximum absolute atomic E-state index is 9.11. The molecule has 0 N–H and O–H groups in total. The van der Waals surface area contributed by atoms with Crippen LogP contribution in [0, 0.1) is 11.3 Å². The summed E-state index contributed by atoms with van der Waals surface area (Å²) < 4.78 is 5.19. The van der Waals surface area contributed by atoms with Crippen LogP contribution in [0.15, 0.2) is 29.6 Å². The average Bonchev–Trinajstić information content (AvgIpc) is 2.89. The molecule has 0 aliphatic heterocycles. The second-order valence-corrected chi connectivity index (χ2v) is 5.36. The van der Waals surface area contributed by atoms with Gasteiger partial charge in [0.2, 0.25) is 0 Å². The van der Waals surface area contributed by atoms with Crippen molar-refractivity contribution in [2.75, 3.05) is 7.11 Å². The summed E-state index contributed by atoms with van der Waals surface area (Å²) >= 11 is 1.51. The lowest BCUT2D eigenvalue weighted by Crippen LogP contribution is -2.13. The zero-order valence-corrected chi connectivity index (χ0v) is 11.4. The van der Waals surface area contributed by atoms with Gasteiger partial charge in [0.05, 0.1) is 18.9 Å². The second kappa shape index (κ2) is 4.79. The van der Waals surface area contributed by atoms with Crippen LogP contribution in [-0.4, -0.2) is 12.1 Å². The van der Waals surface area contributed by atoms with Crippen molar-refractivity contribution in [2.45, 2.75) is 19.3 Å². The number of thiazole rings is 1. The van der Waals surface area contributed by atoms with E-state index in [4.69, 9.17) is 10.00 Å². The minimum atomic E-state index is -0.540. The Morgan fingerprint density at radius 3 is 2.83 bits per heavy atom. The molecule has 0 unspecified atom stereocenters. The normalized spacial score (nSPS) is 11.0. The number of aromatic nitrogens is 1. The van der Waals surface area contributed by atoms with Gasteiger partial charge < -0.3 is 4.74 Å². The lowest BCUT2D eigenvalue weighted by atomic mass is 9.97. The van der Waals surface area contributed by atoms with Gasteiger partial charge in [0, 0.05) is 10.9 Å². The first kappa shape index (κ1) is 12.6. The first-order chi connectivity index (χ1) is 8.56. The average molecular weight is 258 g/mol. The molecule has 1 heterocycles. The Kier molecular flexibility index (Phi) is 3.35. The quantitative estimate of drug-likeness (QED) is 0.844. The van der Waals surface area contributed by atoms with Crippen LogP contribution in [0.1, 0.15) is 18.9 Å². The molecule has 92 valence electrons. The molecule has 0 bridgehead atoms. The van der Waals surface area contributed by atoms with Gasteiger partial charge in [-0.25, -0.2) is 4.98 Å². The van der Waals surface area contributed by atoms with E-state index >= 15 is 0 Å². The van der Waals surface area contributed by atoms with Crippen molar-refractivity contribution < 1.29 is 4.74 Å². The fraction of sp³-hybridized carbons (Fsp3) is 0.286. The Morgan fingerprint density at radius 1 is 1.39 bits per heavy atom. The van der Waals surface area contributed by atoms with Crippen molar-refractivity contribution in [3.63, 3.8) is 0 Å². The van der Waals surface area contributed by atoms with Gasteiger partial charge in [0.1, 0.15) is 16.2 Å². The SMILES string of the molecule is COc1cccc(-c2csc(C(C)(C)C#N)n2)c1. The van der Waals surface area contributed by atoms with Crippen LogP contribution >= 0.6 is 11.3 Å². The molecule has 2 aromatic rings. The van der Waals surface area contributed by atoms with E-state index in [9.17, 15) is 0 Å². The minimum Gasteiger partial charge on any atom is -0.497 e. The van der Waals surface area contributed by atoms with E-state index in [1.54, 1.807) is 7.11 Å². The molecule has 0 fully saturated rings. The molecule has 1 aromatic heterocycles. The highest BCUT2D eigenvalue weighted by atomic mass is 32.1. The zero-order valence-electron chi connectivity index (χ0n) is 10.6. The molecule has 3 nitrogen and oxygen atoms in total. The zero-order chi connectivity index (χ0) is 13.2. The standard InChI is InChI=1S/C14H14N2OS/c1-14(2,9-15)13-16-12(8-18-13)10-5-4-6-11(7-10)17-3/h4-8H,1-3H3. The number of ether oxygens (including phenoxy) is 1. The Bertz CT molecular complexity index is 596. The maximum atomic E-state index is 9.11. The van der Waals surface area contributed by atoms with Gasteiger partial charge in [0.25, 0.3) is 0 Å². The predicted molar refractivity (Wildman–Crippen MR) is 72.7 cm³/mol. The van der Waals surface area contributed by atoms with E-state index in [1.165, 1.54) is 11.3 Å². The maximum Gasteiger partial charge on any atom is 0.119 e. The summed E-state index contributed by atoms with van der Waals surface area (Å²) in [5.74, 6) is 0.807. The molecular formula is C14H14N2OS. The highest BCUT2D eigenvalue weighted by Crippen LogP contribution is 2.30. The van der Waals surface area contributed by atoms with Gasteiger partial charge in [0.15, 0.2) is 0 Å². The third kappa shape index (κ3) is 2.36. The number of hydrogen-bond acceptors (Lipinski definition) is 4. The number of hydrogen-bond donors (Lipinski definition) is 0. The lowest BCUT2D eigenvalue weighted by Gasteiger charge is -2.10. The van der Waals surface area contributed by atoms with Crippen molar-refractivity contribution >= 4 is 11.3 Å². The summed E-state index contributed by atoms with van der Waals surface area (Å²) in [6, 6.07) is 10.0. The van der Waals surface area contributed by atoms with Crippen molar-refractivity contribution in [2.24, 2.45) is 0 Å². The molecular weight excluding hydrogens is 244 g/mol. The van der Waals surface area contributed by atoms with Crippen LogP contribution in [0.4, 0.5) is 0 Å². The van der Waals surface area contributed by atoms with Crippen LogP contribution < -0.4 is 4.74 Å². The number of nitrogens with zero attached hydrogens (tertiary/aromatic N) is 2. The summed E-state index contributed by atoms with van der Waals surface area (Å²) in [5, 5.41) is 11.9. The summed E-state index contributed by atoms with van der Waals surface area (Å²) in [5.41, 5.74) is 1.35. The molecule has 1 aromatic carbocycles. The summed E-state index contributed by atoms with van der Waals surface area (Å²) in [4.78, 5) is 4.54. The largest absolute Gasteiger partial charge is 0.497 e. The molecule has 0 aliphatic carbocycles. The molecule has 0 spiro atoms. The Hall–Kier alpha value is -1.86. The Balaban J connectivity index is 2.38. The van der Waals surface area contributed by atoms with Crippen molar-refractivity contribution in [3.05, 3.63) is 34.7 Å². The molecule has 0 atom stereocenters. The van der Waals surface area contributed by atoms with E-state index in [1.807, 2.05) is 43.5 Å². The number of methoxy groups -OCH3 is 1. The van der Waals surface area contributed by atoms with Crippen LogP contribution in [0.2, 0.25) is 0 Å². The van der Waals surface area contributed by atoms with E-state index in [2.05, 4.69) is 11.1 Å². The Morgan fingerprint density at radius 2 is 2.17 bits per heavy atom. The molecule has 0 aliphatic rings. The van der Waals surface area contributed by atoms with Crippen LogP contribution in [-0.2, 0) is 5.41 Å². The summed E-state index contributed by atoms with van der Waals surface area (Å²) in [6.07, 6.45) is 0. The van der Waals surface area contributed by atoms with Crippen LogP contribution in [0.5, 0.6) is 5.75 Å². The number of rotatable bonds is 3. The van der Waals surface area contributed by atoms with E-state index in [-0.39, 0.29) is 0 Å². The smallest absolute Gasteiger partial charge is 0.119 e. The third-order valence-electron chi connectivity index (χ3n) is 2.68. The highest BCUT2D eigenvalue weighted by molar-refractivity contribution is 7.10. The number of benzene rings is 1. The predicted octanol–water partition coefficient (Wildman–Crippen LogP) is 3.62. The molecule has 0 amide bonds. The molecule has 2 rings (SSSR count). The highest BCUT2D eigenvalue weighted by Gasteiger charge is 2.23.